The lowest BCUT2D eigenvalue weighted by atomic mass is 10.2. The molecule has 0 radical (unpaired) electrons. The molecule has 1 amide bonds. The Morgan fingerprint density at radius 1 is 1.02 bits per heavy atom. The zero-order valence-electron chi connectivity index (χ0n) is 24.4. The molecule has 1 saturated heterocycles. The van der Waals surface area contributed by atoms with E-state index >= 15 is 0 Å². The third-order valence-corrected chi connectivity index (χ3v) is 7.47. The molecule has 0 saturated carbocycles. The number of pyridine rings is 2. The van der Waals surface area contributed by atoms with E-state index in [1.54, 1.807) is 62.1 Å². The van der Waals surface area contributed by atoms with E-state index in [1.165, 1.54) is 23.0 Å². The summed E-state index contributed by atoms with van der Waals surface area (Å²) in [5.74, 6) is 1.10. The number of nitrogens with zero attached hydrogens (tertiary/aromatic N) is 8. The molecule has 0 bridgehead atoms. The highest BCUT2D eigenvalue weighted by Crippen LogP contribution is 2.22. The topological polar surface area (TPSA) is 170 Å². The molecule has 0 unspecified atom stereocenters. The number of fused-ring (bicyclic) bond motifs is 1. The summed E-state index contributed by atoms with van der Waals surface area (Å²) in [5.41, 5.74) is 0.937. The molecule has 15 nitrogen and oxygen atoms in total. The molecule has 1 fully saturated rings. The molecule has 228 valence electrons. The van der Waals surface area contributed by atoms with Crippen molar-refractivity contribution in [2.75, 3.05) is 60.6 Å². The maximum Gasteiger partial charge on any atom is 0.412 e. The first-order valence-electron chi connectivity index (χ1n) is 13.6. The smallest absolute Gasteiger partial charge is 0.412 e. The highest BCUT2D eigenvalue weighted by Gasteiger charge is 2.21. The Balaban J connectivity index is 1.28. The standard InChI is InChI=1S/C27H34N10O5S/c1-27(2,3)42-26(38)33-21-6-8-23(29-18-21)37-24-19(16-31-37)15-30-25(34-24)32-20-5-7-22(28-17-20)36(43(4,39)40)10-9-35-11-13-41-14-12-35/h5-8,15-18H,9-14H2,1-4H3,(H,33,38)(H,30,32,34). The van der Waals surface area contributed by atoms with Gasteiger partial charge in [0.1, 0.15) is 11.4 Å². The van der Waals surface area contributed by atoms with Gasteiger partial charge < -0.3 is 14.8 Å². The van der Waals surface area contributed by atoms with Crippen molar-refractivity contribution >= 4 is 50.3 Å². The van der Waals surface area contributed by atoms with Crippen LogP contribution in [0.4, 0.5) is 27.9 Å². The van der Waals surface area contributed by atoms with Crippen LogP contribution in [-0.2, 0) is 19.5 Å². The molecule has 0 aromatic carbocycles. The number of morpholine rings is 1. The van der Waals surface area contributed by atoms with Gasteiger partial charge >= 0.3 is 6.09 Å². The Morgan fingerprint density at radius 3 is 2.42 bits per heavy atom. The predicted molar refractivity (Wildman–Crippen MR) is 161 cm³/mol. The fourth-order valence-electron chi connectivity index (χ4n) is 4.30. The summed E-state index contributed by atoms with van der Waals surface area (Å²) >= 11 is 0. The number of hydrogen-bond acceptors (Lipinski definition) is 12. The van der Waals surface area contributed by atoms with Gasteiger partial charge in [0.25, 0.3) is 0 Å². The van der Waals surface area contributed by atoms with Crippen molar-refractivity contribution in [2.24, 2.45) is 0 Å². The SMILES string of the molecule is CC(C)(C)OC(=O)Nc1ccc(-n2ncc3cnc(Nc4ccc(N(CCN5CCOCC5)S(C)(=O)=O)nc4)nc32)nc1. The van der Waals surface area contributed by atoms with Gasteiger partial charge in [-0.15, -0.1) is 0 Å². The summed E-state index contributed by atoms with van der Waals surface area (Å²) in [6.07, 6.45) is 6.89. The van der Waals surface area contributed by atoms with Crippen LogP contribution in [0.1, 0.15) is 20.8 Å². The van der Waals surface area contributed by atoms with Crippen LogP contribution in [-0.4, -0.2) is 100 Å². The van der Waals surface area contributed by atoms with Gasteiger partial charge in [0.05, 0.1) is 54.8 Å². The van der Waals surface area contributed by atoms with Gasteiger partial charge in [-0.25, -0.2) is 28.2 Å². The van der Waals surface area contributed by atoms with Gasteiger partial charge in [-0.3, -0.25) is 14.5 Å². The molecule has 43 heavy (non-hydrogen) atoms. The molecule has 4 aromatic rings. The molecule has 2 N–H and O–H groups in total. The molecule has 0 spiro atoms. The van der Waals surface area contributed by atoms with E-state index in [1.807, 2.05) is 0 Å². The molecule has 5 heterocycles. The second kappa shape index (κ2) is 12.4. The van der Waals surface area contributed by atoms with Gasteiger partial charge in [0, 0.05) is 32.4 Å². The van der Waals surface area contributed by atoms with Crippen molar-refractivity contribution in [1.29, 1.82) is 0 Å². The van der Waals surface area contributed by atoms with Crippen LogP contribution in [0.15, 0.2) is 49.1 Å². The second-order valence-electron chi connectivity index (χ2n) is 10.9. The first-order valence-corrected chi connectivity index (χ1v) is 15.5. The van der Waals surface area contributed by atoms with E-state index in [9.17, 15) is 13.2 Å². The lowest BCUT2D eigenvalue weighted by Crippen LogP contribution is -2.43. The molecule has 0 atom stereocenters. The van der Waals surface area contributed by atoms with Crippen LogP contribution in [0.2, 0.25) is 0 Å². The summed E-state index contributed by atoms with van der Waals surface area (Å²) in [4.78, 5) is 32.0. The van der Waals surface area contributed by atoms with Crippen molar-refractivity contribution in [1.82, 2.24) is 34.6 Å². The van der Waals surface area contributed by atoms with E-state index in [4.69, 9.17) is 9.47 Å². The number of aromatic nitrogens is 6. The van der Waals surface area contributed by atoms with Crippen LogP contribution in [0, 0.1) is 0 Å². The number of anilines is 4. The number of sulfonamides is 1. The van der Waals surface area contributed by atoms with Crippen LogP contribution in [0.3, 0.4) is 0 Å². The zero-order valence-corrected chi connectivity index (χ0v) is 25.2. The molecule has 16 heteroatoms. The molecule has 1 aliphatic rings. The Kier molecular flexibility index (Phi) is 8.70. The van der Waals surface area contributed by atoms with E-state index < -0.39 is 21.7 Å². The second-order valence-corrected chi connectivity index (χ2v) is 12.8. The highest BCUT2D eigenvalue weighted by atomic mass is 32.2. The third-order valence-electron chi connectivity index (χ3n) is 6.30. The minimum absolute atomic E-state index is 0.286. The molecule has 0 aliphatic carbocycles. The Labute approximate surface area is 249 Å². The third kappa shape index (κ3) is 7.91. The van der Waals surface area contributed by atoms with Gasteiger partial charge in [-0.05, 0) is 45.0 Å². The number of carbonyl (C=O) groups is 1. The number of rotatable bonds is 9. The number of ether oxygens (including phenoxy) is 2. The van der Waals surface area contributed by atoms with Crippen LogP contribution in [0.5, 0.6) is 0 Å². The fraction of sp³-hybridized carbons (Fsp3) is 0.407. The zero-order chi connectivity index (χ0) is 30.6. The Morgan fingerprint density at radius 2 is 1.77 bits per heavy atom. The minimum Gasteiger partial charge on any atom is -0.444 e. The molecule has 1 aliphatic heterocycles. The Bertz CT molecular complexity index is 1670. The van der Waals surface area contributed by atoms with Gasteiger partial charge in [0.15, 0.2) is 11.5 Å². The van der Waals surface area contributed by atoms with Crippen molar-refractivity contribution in [2.45, 2.75) is 26.4 Å². The fourth-order valence-corrected chi connectivity index (χ4v) is 5.16. The van der Waals surface area contributed by atoms with Crippen molar-refractivity contribution in [3.63, 3.8) is 0 Å². The van der Waals surface area contributed by atoms with E-state index in [0.717, 1.165) is 13.1 Å². The van der Waals surface area contributed by atoms with Crippen LogP contribution in [0.25, 0.3) is 16.9 Å². The first-order chi connectivity index (χ1) is 20.4. The maximum absolute atomic E-state index is 12.5. The molecular formula is C27H34N10O5S. The van der Waals surface area contributed by atoms with Crippen LogP contribution >= 0.6 is 0 Å². The lowest BCUT2D eigenvalue weighted by molar-refractivity contribution is 0.0395. The Hall–Kier alpha value is -4.41. The number of hydrogen-bond donors (Lipinski definition) is 2. The predicted octanol–water partition coefficient (Wildman–Crippen LogP) is 2.79. The lowest BCUT2D eigenvalue weighted by Gasteiger charge is -2.29. The highest BCUT2D eigenvalue weighted by molar-refractivity contribution is 7.92. The number of nitrogens with one attached hydrogen (secondary N) is 2. The largest absolute Gasteiger partial charge is 0.444 e. The van der Waals surface area contributed by atoms with Crippen molar-refractivity contribution in [3.05, 3.63) is 49.1 Å². The van der Waals surface area contributed by atoms with Crippen molar-refractivity contribution in [3.8, 4) is 5.82 Å². The van der Waals surface area contributed by atoms with E-state index in [0.29, 0.717) is 59.8 Å². The summed E-state index contributed by atoms with van der Waals surface area (Å²) in [5, 5.41) is 10.8. The molecular weight excluding hydrogens is 576 g/mol. The van der Waals surface area contributed by atoms with E-state index in [-0.39, 0.29) is 6.54 Å². The first kappa shape index (κ1) is 30.1. The molecule has 5 rings (SSSR count). The number of carbonyl (C=O) groups excluding carboxylic acids is 1. The quantitative estimate of drug-likeness (QED) is 0.285. The summed E-state index contributed by atoms with van der Waals surface area (Å²) in [7, 11) is -3.53. The summed E-state index contributed by atoms with van der Waals surface area (Å²) in [6, 6.07) is 6.75. The van der Waals surface area contributed by atoms with Crippen LogP contribution < -0.4 is 14.9 Å². The summed E-state index contributed by atoms with van der Waals surface area (Å²) < 4.78 is 38.5. The maximum atomic E-state index is 12.5. The van der Waals surface area contributed by atoms with Gasteiger partial charge in [0.2, 0.25) is 16.0 Å². The van der Waals surface area contributed by atoms with Crippen molar-refractivity contribution < 1.29 is 22.7 Å². The van der Waals surface area contributed by atoms with Gasteiger partial charge in [-0.1, -0.05) is 0 Å². The molecule has 4 aromatic heterocycles. The average molecular weight is 611 g/mol. The van der Waals surface area contributed by atoms with E-state index in [2.05, 4.69) is 40.6 Å². The monoisotopic (exact) mass is 610 g/mol. The minimum atomic E-state index is -3.53. The number of amides is 1. The summed E-state index contributed by atoms with van der Waals surface area (Å²) in [6.45, 7) is 9.04. The average Bonchev–Trinajstić information content (AvgIpc) is 3.37. The van der Waals surface area contributed by atoms with Gasteiger partial charge in [-0.2, -0.15) is 14.8 Å². The normalized spacial score (nSPS) is 14.4.